The summed E-state index contributed by atoms with van der Waals surface area (Å²) in [4.78, 5) is 49.9. The Labute approximate surface area is 156 Å². The molecule has 1 saturated heterocycles. The number of amides is 4. The van der Waals surface area contributed by atoms with E-state index in [1.807, 2.05) is 0 Å². The van der Waals surface area contributed by atoms with E-state index in [9.17, 15) is 24.5 Å². The van der Waals surface area contributed by atoms with Crippen molar-refractivity contribution < 1.29 is 19.3 Å². The molecule has 0 atom stereocenters. The molecule has 144 valence electrons. The van der Waals surface area contributed by atoms with Crippen LogP contribution in [0.1, 0.15) is 46.9 Å². The molecule has 0 aromatic heterocycles. The van der Waals surface area contributed by atoms with Gasteiger partial charge in [-0.2, -0.15) is 0 Å². The smallest absolute Gasteiger partial charge is 0.317 e. The zero-order valence-electron chi connectivity index (χ0n) is 15.1. The zero-order valence-corrected chi connectivity index (χ0v) is 15.1. The summed E-state index contributed by atoms with van der Waals surface area (Å²) in [5, 5.41) is 13.7. The van der Waals surface area contributed by atoms with Crippen LogP contribution in [0.15, 0.2) is 18.2 Å². The Morgan fingerprint density at radius 3 is 2.56 bits per heavy atom. The topological polar surface area (TPSA) is 113 Å². The van der Waals surface area contributed by atoms with Gasteiger partial charge < -0.3 is 10.2 Å². The number of nitro benzene ring substituents is 1. The van der Waals surface area contributed by atoms with Crippen molar-refractivity contribution >= 4 is 23.5 Å². The summed E-state index contributed by atoms with van der Waals surface area (Å²) < 4.78 is 0. The minimum atomic E-state index is -0.600. The molecule has 2 aliphatic heterocycles. The number of benzene rings is 1. The molecule has 2 heterocycles. The molecule has 9 heteroatoms. The normalized spacial score (nSPS) is 17.2. The standard InChI is InChI=1S/C18H22N4O5/c1-12-5-9-20(10-6-12)18(25)19-7-2-8-21-16(23)14-4-3-13(22(26)27)11-15(14)17(21)24/h3-4,11-12H,2,5-10H2,1H3,(H,19,25). The van der Waals surface area contributed by atoms with Gasteiger partial charge in [0.1, 0.15) is 0 Å². The molecule has 9 nitrogen and oxygen atoms in total. The highest BCUT2D eigenvalue weighted by atomic mass is 16.6. The number of nitrogens with zero attached hydrogens (tertiary/aromatic N) is 3. The van der Waals surface area contributed by atoms with Crippen molar-refractivity contribution in [3.63, 3.8) is 0 Å². The van der Waals surface area contributed by atoms with Crippen LogP contribution in [0.25, 0.3) is 0 Å². The molecule has 0 radical (unpaired) electrons. The second-order valence-electron chi connectivity index (χ2n) is 7.00. The molecule has 0 aliphatic carbocycles. The molecule has 0 spiro atoms. The number of rotatable bonds is 5. The van der Waals surface area contributed by atoms with Gasteiger partial charge in [0.25, 0.3) is 17.5 Å². The van der Waals surface area contributed by atoms with Gasteiger partial charge in [-0.1, -0.05) is 6.92 Å². The lowest BCUT2D eigenvalue weighted by molar-refractivity contribution is -0.384. The lowest BCUT2D eigenvalue weighted by atomic mass is 10.00. The fourth-order valence-corrected chi connectivity index (χ4v) is 3.35. The van der Waals surface area contributed by atoms with Gasteiger partial charge in [0, 0.05) is 38.3 Å². The Balaban J connectivity index is 1.50. The van der Waals surface area contributed by atoms with Gasteiger partial charge in [0.2, 0.25) is 0 Å². The number of piperidine rings is 1. The van der Waals surface area contributed by atoms with E-state index in [4.69, 9.17) is 0 Å². The summed E-state index contributed by atoms with van der Waals surface area (Å²) in [6.45, 7) is 4.15. The first kappa shape index (κ1) is 18.8. The summed E-state index contributed by atoms with van der Waals surface area (Å²) in [6.07, 6.45) is 2.41. The highest BCUT2D eigenvalue weighted by molar-refractivity contribution is 6.21. The van der Waals surface area contributed by atoms with Crippen molar-refractivity contribution in [3.05, 3.63) is 39.4 Å². The molecule has 1 aromatic carbocycles. The molecular weight excluding hydrogens is 352 g/mol. The number of carbonyl (C=O) groups excluding carboxylic acids is 3. The van der Waals surface area contributed by atoms with Crippen molar-refractivity contribution in [1.82, 2.24) is 15.1 Å². The van der Waals surface area contributed by atoms with Crippen molar-refractivity contribution in [3.8, 4) is 0 Å². The van der Waals surface area contributed by atoms with Gasteiger partial charge in [-0.15, -0.1) is 0 Å². The number of likely N-dealkylation sites (tertiary alicyclic amines) is 1. The van der Waals surface area contributed by atoms with Crippen LogP contribution < -0.4 is 5.32 Å². The van der Waals surface area contributed by atoms with Gasteiger partial charge in [0.05, 0.1) is 16.1 Å². The lowest BCUT2D eigenvalue weighted by Crippen LogP contribution is -2.44. The SMILES string of the molecule is CC1CCN(C(=O)NCCCN2C(=O)c3ccc([N+](=O)[O-])cc3C2=O)CC1. The summed E-state index contributed by atoms with van der Waals surface area (Å²) in [5.41, 5.74) is 0.0117. The number of hydrogen-bond donors (Lipinski definition) is 1. The predicted octanol–water partition coefficient (Wildman–Crippen LogP) is 2.02. The second kappa shape index (κ2) is 7.73. The van der Waals surface area contributed by atoms with E-state index in [1.165, 1.54) is 12.1 Å². The number of urea groups is 1. The number of nitro groups is 1. The van der Waals surface area contributed by atoms with Crippen molar-refractivity contribution in [2.45, 2.75) is 26.2 Å². The van der Waals surface area contributed by atoms with E-state index in [2.05, 4.69) is 12.2 Å². The maximum Gasteiger partial charge on any atom is 0.317 e. The van der Waals surface area contributed by atoms with Crippen LogP contribution in [0.4, 0.5) is 10.5 Å². The molecule has 0 unspecified atom stereocenters. The predicted molar refractivity (Wildman–Crippen MR) is 96.5 cm³/mol. The first-order valence-electron chi connectivity index (χ1n) is 9.06. The molecule has 0 bridgehead atoms. The molecule has 2 aliphatic rings. The lowest BCUT2D eigenvalue weighted by Gasteiger charge is -2.30. The maximum atomic E-state index is 12.4. The van der Waals surface area contributed by atoms with E-state index in [0.717, 1.165) is 36.9 Å². The number of non-ortho nitro benzene ring substituents is 1. The van der Waals surface area contributed by atoms with Crippen LogP contribution in [0.3, 0.4) is 0 Å². The third-order valence-corrected chi connectivity index (χ3v) is 5.07. The third-order valence-electron chi connectivity index (χ3n) is 5.07. The molecule has 1 fully saturated rings. The highest BCUT2D eigenvalue weighted by Gasteiger charge is 2.36. The van der Waals surface area contributed by atoms with Crippen molar-refractivity contribution in [2.75, 3.05) is 26.2 Å². The van der Waals surface area contributed by atoms with E-state index in [-0.39, 0.29) is 29.4 Å². The van der Waals surface area contributed by atoms with E-state index in [1.54, 1.807) is 4.90 Å². The maximum absolute atomic E-state index is 12.4. The largest absolute Gasteiger partial charge is 0.338 e. The van der Waals surface area contributed by atoms with E-state index in [0.29, 0.717) is 18.9 Å². The summed E-state index contributed by atoms with van der Waals surface area (Å²) in [5.74, 6) is -0.352. The third kappa shape index (κ3) is 3.91. The van der Waals surface area contributed by atoms with Gasteiger partial charge in [-0.3, -0.25) is 24.6 Å². The zero-order chi connectivity index (χ0) is 19.6. The molecule has 4 amide bonds. The Morgan fingerprint density at radius 1 is 1.22 bits per heavy atom. The first-order chi connectivity index (χ1) is 12.9. The summed E-state index contributed by atoms with van der Waals surface area (Å²) in [6, 6.07) is 3.54. The van der Waals surface area contributed by atoms with Crippen LogP contribution in [0, 0.1) is 16.0 Å². The fraction of sp³-hybridized carbons (Fsp3) is 0.500. The van der Waals surface area contributed by atoms with Crippen LogP contribution in [-0.2, 0) is 0 Å². The fourth-order valence-electron chi connectivity index (χ4n) is 3.35. The average molecular weight is 374 g/mol. The summed E-state index contributed by atoms with van der Waals surface area (Å²) in [7, 11) is 0. The molecule has 1 aromatic rings. The number of carbonyl (C=O) groups is 3. The molecule has 1 N–H and O–H groups in total. The Kier molecular flexibility index (Phi) is 5.38. The molecular formula is C18H22N4O5. The Bertz CT molecular complexity index is 786. The number of nitrogens with one attached hydrogen (secondary N) is 1. The minimum absolute atomic E-state index is 0.0562. The minimum Gasteiger partial charge on any atom is -0.338 e. The van der Waals surface area contributed by atoms with E-state index < -0.39 is 16.7 Å². The summed E-state index contributed by atoms with van der Waals surface area (Å²) >= 11 is 0. The Morgan fingerprint density at radius 2 is 1.89 bits per heavy atom. The molecule has 0 saturated carbocycles. The number of fused-ring (bicyclic) bond motifs is 1. The van der Waals surface area contributed by atoms with Crippen LogP contribution in [0.5, 0.6) is 0 Å². The van der Waals surface area contributed by atoms with E-state index >= 15 is 0 Å². The molecule has 27 heavy (non-hydrogen) atoms. The average Bonchev–Trinajstić information content (AvgIpc) is 2.89. The highest BCUT2D eigenvalue weighted by Crippen LogP contribution is 2.26. The van der Waals surface area contributed by atoms with Gasteiger partial charge in [-0.25, -0.2) is 4.79 Å². The quantitative estimate of drug-likeness (QED) is 0.367. The van der Waals surface area contributed by atoms with Gasteiger partial charge in [0.15, 0.2) is 0 Å². The first-order valence-corrected chi connectivity index (χ1v) is 9.06. The Hall–Kier alpha value is -2.97. The van der Waals surface area contributed by atoms with Crippen molar-refractivity contribution in [2.24, 2.45) is 5.92 Å². The second-order valence-corrected chi connectivity index (χ2v) is 7.00. The van der Waals surface area contributed by atoms with Gasteiger partial charge >= 0.3 is 6.03 Å². The van der Waals surface area contributed by atoms with Crippen LogP contribution in [-0.4, -0.2) is 58.7 Å². The van der Waals surface area contributed by atoms with Crippen molar-refractivity contribution in [1.29, 1.82) is 0 Å². The monoisotopic (exact) mass is 374 g/mol. The number of hydrogen-bond acceptors (Lipinski definition) is 5. The van der Waals surface area contributed by atoms with Crippen LogP contribution >= 0.6 is 0 Å². The van der Waals surface area contributed by atoms with Gasteiger partial charge in [-0.05, 0) is 31.2 Å². The molecule has 3 rings (SSSR count). The van der Waals surface area contributed by atoms with Crippen LogP contribution in [0.2, 0.25) is 0 Å². The number of imide groups is 1.